The van der Waals surface area contributed by atoms with Crippen molar-refractivity contribution < 1.29 is 4.79 Å². The molecule has 0 spiro atoms. The van der Waals surface area contributed by atoms with Crippen LogP contribution in [0, 0.1) is 0 Å². The van der Waals surface area contributed by atoms with Gasteiger partial charge in [-0.1, -0.05) is 6.07 Å². The van der Waals surface area contributed by atoms with E-state index in [4.69, 9.17) is 0 Å². The first-order valence-electron chi connectivity index (χ1n) is 4.07. The maximum Gasteiger partial charge on any atom is 0.317 e. The van der Waals surface area contributed by atoms with Gasteiger partial charge in [0.05, 0.1) is 12.2 Å². The molecule has 4 heteroatoms. The van der Waals surface area contributed by atoms with E-state index in [9.17, 15) is 4.79 Å². The van der Waals surface area contributed by atoms with Gasteiger partial charge in [-0.15, -0.1) is 0 Å². The van der Waals surface area contributed by atoms with Crippen LogP contribution < -0.4 is 5.32 Å². The normalized spacial score (nSPS) is 9.38. The molecule has 2 amide bonds. The van der Waals surface area contributed by atoms with Gasteiger partial charge in [-0.25, -0.2) is 4.79 Å². The van der Waals surface area contributed by atoms with E-state index in [0.29, 0.717) is 6.54 Å². The minimum absolute atomic E-state index is 0.106. The van der Waals surface area contributed by atoms with E-state index in [1.54, 1.807) is 25.2 Å². The van der Waals surface area contributed by atoms with E-state index in [0.717, 1.165) is 5.69 Å². The van der Waals surface area contributed by atoms with Crippen molar-refractivity contribution in [1.82, 2.24) is 15.2 Å². The van der Waals surface area contributed by atoms with Crippen molar-refractivity contribution >= 4 is 6.03 Å². The Bertz CT molecular complexity index is 273. The molecule has 0 saturated heterocycles. The van der Waals surface area contributed by atoms with Crippen LogP contribution in [0.25, 0.3) is 0 Å². The van der Waals surface area contributed by atoms with Crippen molar-refractivity contribution in [2.45, 2.75) is 6.54 Å². The van der Waals surface area contributed by atoms with Crippen LogP contribution in [-0.4, -0.2) is 30.0 Å². The lowest BCUT2D eigenvalue weighted by atomic mass is 10.3. The second kappa shape index (κ2) is 4.45. The molecule has 1 aromatic heterocycles. The number of rotatable bonds is 2. The van der Waals surface area contributed by atoms with E-state index in [2.05, 4.69) is 10.3 Å². The molecule has 0 aliphatic heterocycles. The maximum absolute atomic E-state index is 11.1. The van der Waals surface area contributed by atoms with Crippen LogP contribution in [0.5, 0.6) is 0 Å². The number of nitrogens with zero attached hydrogens (tertiary/aromatic N) is 2. The van der Waals surface area contributed by atoms with Crippen molar-refractivity contribution in [2.75, 3.05) is 14.1 Å². The Labute approximate surface area is 77.6 Å². The number of carbonyl (C=O) groups excluding carboxylic acids is 1. The number of amides is 2. The lowest BCUT2D eigenvalue weighted by Crippen LogP contribution is -2.34. The number of nitrogens with one attached hydrogen (secondary N) is 1. The Morgan fingerprint density at radius 2 is 2.38 bits per heavy atom. The summed E-state index contributed by atoms with van der Waals surface area (Å²) >= 11 is 0. The van der Waals surface area contributed by atoms with Gasteiger partial charge in [0.1, 0.15) is 0 Å². The highest BCUT2D eigenvalue weighted by molar-refractivity contribution is 5.73. The molecule has 0 saturated carbocycles. The summed E-state index contributed by atoms with van der Waals surface area (Å²) in [5.41, 5.74) is 0.883. The molecule has 0 radical (unpaired) electrons. The molecular formula is C9H13N3O. The van der Waals surface area contributed by atoms with Gasteiger partial charge in [0.15, 0.2) is 0 Å². The smallest absolute Gasteiger partial charge is 0.317 e. The quantitative estimate of drug-likeness (QED) is 0.731. The van der Waals surface area contributed by atoms with Gasteiger partial charge in [0.25, 0.3) is 0 Å². The number of hydrogen-bond donors (Lipinski definition) is 1. The van der Waals surface area contributed by atoms with Crippen LogP contribution in [0.4, 0.5) is 4.79 Å². The van der Waals surface area contributed by atoms with Crippen molar-refractivity contribution in [3.63, 3.8) is 0 Å². The summed E-state index contributed by atoms with van der Waals surface area (Å²) in [6, 6.07) is 5.54. The van der Waals surface area contributed by atoms with Crippen LogP contribution in [-0.2, 0) is 6.54 Å². The van der Waals surface area contributed by atoms with Crippen molar-refractivity contribution in [3.8, 4) is 0 Å². The first-order valence-corrected chi connectivity index (χ1v) is 4.07. The van der Waals surface area contributed by atoms with Gasteiger partial charge in [-0.2, -0.15) is 0 Å². The monoisotopic (exact) mass is 179 g/mol. The summed E-state index contributed by atoms with van der Waals surface area (Å²) in [5.74, 6) is 0. The highest BCUT2D eigenvalue weighted by atomic mass is 16.2. The first-order chi connectivity index (χ1) is 6.24. The third-order valence-electron chi connectivity index (χ3n) is 1.69. The van der Waals surface area contributed by atoms with E-state index >= 15 is 0 Å². The van der Waals surface area contributed by atoms with Gasteiger partial charge < -0.3 is 10.2 Å². The van der Waals surface area contributed by atoms with Crippen LogP contribution >= 0.6 is 0 Å². The zero-order chi connectivity index (χ0) is 9.68. The van der Waals surface area contributed by atoms with Crippen LogP contribution in [0.2, 0.25) is 0 Å². The lowest BCUT2D eigenvalue weighted by molar-refractivity contribution is 0.208. The molecule has 0 atom stereocenters. The molecule has 1 heterocycles. The zero-order valence-electron chi connectivity index (χ0n) is 7.82. The number of pyridine rings is 1. The molecule has 0 aliphatic rings. The van der Waals surface area contributed by atoms with Crippen LogP contribution in [0.3, 0.4) is 0 Å². The highest BCUT2D eigenvalue weighted by Gasteiger charge is 2.05. The predicted octanol–water partition coefficient (Wildman–Crippen LogP) is 0.853. The summed E-state index contributed by atoms with van der Waals surface area (Å²) in [5, 5.41) is 2.54. The number of carbonyl (C=O) groups is 1. The van der Waals surface area contributed by atoms with Crippen molar-refractivity contribution in [1.29, 1.82) is 0 Å². The summed E-state index contributed by atoms with van der Waals surface area (Å²) in [4.78, 5) is 16.8. The Hall–Kier alpha value is -1.58. The zero-order valence-corrected chi connectivity index (χ0v) is 7.82. The molecule has 1 rings (SSSR count). The average molecular weight is 179 g/mol. The van der Waals surface area contributed by atoms with Gasteiger partial charge in [0.2, 0.25) is 0 Å². The van der Waals surface area contributed by atoms with Gasteiger partial charge in [-0.05, 0) is 12.1 Å². The van der Waals surface area contributed by atoms with Gasteiger partial charge in [0, 0.05) is 20.3 Å². The molecule has 4 nitrogen and oxygen atoms in total. The summed E-state index contributed by atoms with van der Waals surface area (Å²) in [6.07, 6.45) is 1.72. The SMILES string of the molecule is CNC(=O)N(C)Cc1ccccn1. The number of aromatic nitrogens is 1. The maximum atomic E-state index is 11.1. The van der Waals surface area contributed by atoms with E-state index < -0.39 is 0 Å². The molecule has 13 heavy (non-hydrogen) atoms. The molecule has 0 aliphatic carbocycles. The van der Waals surface area contributed by atoms with E-state index in [1.807, 2.05) is 18.2 Å². The minimum Gasteiger partial charge on any atom is -0.341 e. The molecule has 0 aromatic carbocycles. The molecule has 1 aromatic rings. The Balaban J connectivity index is 2.55. The van der Waals surface area contributed by atoms with Crippen LogP contribution in [0.1, 0.15) is 5.69 Å². The van der Waals surface area contributed by atoms with Crippen molar-refractivity contribution in [3.05, 3.63) is 30.1 Å². The topological polar surface area (TPSA) is 45.2 Å². The molecule has 0 unspecified atom stereocenters. The van der Waals surface area contributed by atoms with Gasteiger partial charge in [-0.3, -0.25) is 4.98 Å². The second-order valence-electron chi connectivity index (χ2n) is 2.73. The fraction of sp³-hybridized carbons (Fsp3) is 0.333. The van der Waals surface area contributed by atoms with Gasteiger partial charge >= 0.3 is 6.03 Å². The average Bonchev–Trinajstić information content (AvgIpc) is 2.18. The summed E-state index contributed by atoms with van der Waals surface area (Å²) in [7, 11) is 3.34. The largest absolute Gasteiger partial charge is 0.341 e. The molecular weight excluding hydrogens is 166 g/mol. The summed E-state index contributed by atoms with van der Waals surface area (Å²) in [6.45, 7) is 0.528. The lowest BCUT2D eigenvalue weighted by Gasteiger charge is -2.15. The fourth-order valence-electron chi connectivity index (χ4n) is 0.997. The highest BCUT2D eigenvalue weighted by Crippen LogP contribution is 1.97. The molecule has 70 valence electrons. The Morgan fingerprint density at radius 1 is 1.62 bits per heavy atom. The minimum atomic E-state index is -0.106. The first kappa shape index (κ1) is 9.51. The number of urea groups is 1. The van der Waals surface area contributed by atoms with Crippen LogP contribution in [0.15, 0.2) is 24.4 Å². The molecule has 0 bridgehead atoms. The van der Waals surface area contributed by atoms with E-state index in [-0.39, 0.29) is 6.03 Å². The third-order valence-corrected chi connectivity index (χ3v) is 1.69. The molecule has 0 fully saturated rings. The fourth-order valence-corrected chi connectivity index (χ4v) is 0.997. The predicted molar refractivity (Wildman–Crippen MR) is 50.2 cm³/mol. The van der Waals surface area contributed by atoms with E-state index in [1.165, 1.54) is 0 Å². The second-order valence-corrected chi connectivity index (χ2v) is 2.73. The molecule has 1 N–H and O–H groups in total. The van der Waals surface area contributed by atoms with Crippen molar-refractivity contribution in [2.24, 2.45) is 0 Å². The summed E-state index contributed by atoms with van der Waals surface area (Å²) < 4.78 is 0. The third kappa shape index (κ3) is 2.74. The standard InChI is InChI=1S/C9H13N3O/c1-10-9(13)12(2)7-8-5-3-4-6-11-8/h3-6H,7H2,1-2H3,(H,10,13). The Morgan fingerprint density at radius 3 is 2.92 bits per heavy atom. The Kier molecular flexibility index (Phi) is 3.25. The number of hydrogen-bond acceptors (Lipinski definition) is 2.